The molecule has 3 nitrogen and oxygen atoms in total. The topological polar surface area (TPSA) is 41.1 Å². The Hall–Kier alpha value is -1.51. The van der Waals surface area contributed by atoms with Crippen LogP contribution in [0.4, 0.5) is 5.69 Å². The van der Waals surface area contributed by atoms with Crippen LogP contribution < -0.4 is 10.6 Å². The van der Waals surface area contributed by atoms with Crippen LogP contribution in [0.25, 0.3) is 0 Å². The number of rotatable bonds is 7. The number of hydrogen-bond acceptors (Lipinski definition) is 2. The number of benzene rings is 1. The first-order valence-corrected chi connectivity index (χ1v) is 7.73. The lowest BCUT2D eigenvalue weighted by molar-refractivity contribution is 0.0943. The Morgan fingerprint density at radius 2 is 2.05 bits per heavy atom. The van der Waals surface area contributed by atoms with Gasteiger partial charge in [-0.25, -0.2) is 0 Å². The normalized spacial score (nSPS) is 15.8. The summed E-state index contributed by atoms with van der Waals surface area (Å²) in [6, 6.07) is 5.93. The van der Waals surface area contributed by atoms with Crippen LogP contribution in [0.1, 0.15) is 55.5 Å². The van der Waals surface area contributed by atoms with Crippen molar-refractivity contribution in [3.05, 3.63) is 29.3 Å². The minimum absolute atomic E-state index is 0.0629. The van der Waals surface area contributed by atoms with Gasteiger partial charge < -0.3 is 10.6 Å². The summed E-state index contributed by atoms with van der Waals surface area (Å²) in [5, 5.41) is 6.39. The van der Waals surface area contributed by atoms with Crippen molar-refractivity contribution in [2.75, 3.05) is 18.4 Å². The van der Waals surface area contributed by atoms with Crippen molar-refractivity contribution in [2.24, 2.45) is 5.41 Å². The van der Waals surface area contributed by atoms with E-state index >= 15 is 0 Å². The number of carbonyl (C=O) groups excluding carboxylic acids is 1. The molecule has 0 atom stereocenters. The van der Waals surface area contributed by atoms with Crippen LogP contribution in [0.2, 0.25) is 0 Å². The highest BCUT2D eigenvalue weighted by molar-refractivity contribution is 5.96. The molecule has 1 aliphatic rings. The smallest absolute Gasteiger partial charge is 0.251 e. The molecule has 0 bridgehead atoms. The first-order chi connectivity index (χ1) is 9.60. The predicted octanol–water partition coefficient (Wildman–Crippen LogP) is 3.74. The highest BCUT2D eigenvalue weighted by atomic mass is 16.1. The van der Waals surface area contributed by atoms with Crippen LogP contribution in [-0.2, 0) is 0 Å². The maximum absolute atomic E-state index is 12.3. The Balaban J connectivity index is 1.95. The van der Waals surface area contributed by atoms with Gasteiger partial charge in [0.25, 0.3) is 5.91 Å². The molecular weight excluding hydrogens is 248 g/mol. The molecule has 110 valence electrons. The molecule has 1 saturated carbocycles. The summed E-state index contributed by atoms with van der Waals surface area (Å²) >= 11 is 0. The lowest BCUT2D eigenvalue weighted by Gasteiger charge is -2.16. The molecule has 0 aliphatic heterocycles. The summed E-state index contributed by atoms with van der Waals surface area (Å²) in [4.78, 5) is 12.3. The number of amides is 1. The SMILES string of the molecule is CCCC1(CNC(=O)c2ccc(NCC)cc2C)CC1. The lowest BCUT2D eigenvalue weighted by Crippen LogP contribution is -2.30. The van der Waals surface area contributed by atoms with Crippen molar-refractivity contribution in [2.45, 2.75) is 46.5 Å². The molecule has 0 unspecified atom stereocenters. The van der Waals surface area contributed by atoms with Gasteiger partial charge in [0, 0.05) is 24.3 Å². The second-order valence-electron chi connectivity index (χ2n) is 5.99. The van der Waals surface area contributed by atoms with E-state index in [4.69, 9.17) is 0 Å². The quantitative estimate of drug-likeness (QED) is 0.795. The third-order valence-electron chi connectivity index (χ3n) is 4.21. The molecule has 20 heavy (non-hydrogen) atoms. The van der Waals surface area contributed by atoms with Gasteiger partial charge in [-0.3, -0.25) is 4.79 Å². The lowest BCUT2D eigenvalue weighted by atomic mass is 10.0. The minimum atomic E-state index is 0.0629. The summed E-state index contributed by atoms with van der Waals surface area (Å²) in [5.74, 6) is 0.0629. The van der Waals surface area contributed by atoms with Gasteiger partial charge in [-0.15, -0.1) is 0 Å². The molecule has 0 radical (unpaired) electrons. The summed E-state index contributed by atoms with van der Waals surface area (Å²) in [7, 11) is 0. The zero-order chi connectivity index (χ0) is 14.6. The molecular formula is C17H26N2O. The number of carbonyl (C=O) groups is 1. The third-order valence-corrected chi connectivity index (χ3v) is 4.21. The fourth-order valence-corrected chi connectivity index (χ4v) is 2.82. The molecule has 0 aromatic heterocycles. The van der Waals surface area contributed by atoms with Crippen LogP contribution in [0.3, 0.4) is 0 Å². The fourth-order valence-electron chi connectivity index (χ4n) is 2.82. The molecule has 1 aromatic rings. The van der Waals surface area contributed by atoms with E-state index in [1.165, 1.54) is 25.7 Å². The summed E-state index contributed by atoms with van der Waals surface area (Å²) in [6.45, 7) is 8.00. The molecule has 1 aliphatic carbocycles. The zero-order valence-corrected chi connectivity index (χ0v) is 12.9. The standard InChI is InChI=1S/C17H26N2O/c1-4-8-17(9-10-17)12-19-16(20)15-7-6-14(18-5-2)11-13(15)3/h6-7,11,18H,4-5,8-10,12H2,1-3H3,(H,19,20). The Morgan fingerprint density at radius 3 is 2.60 bits per heavy atom. The molecule has 0 saturated heterocycles. The van der Waals surface area contributed by atoms with E-state index in [9.17, 15) is 4.79 Å². The van der Waals surface area contributed by atoms with Gasteiger partial charge >= 0.3 is 0 Å². The minimum Gasteiger partial charge on any atom is -0.385 e. The Bertz CT molecular complexity index is 478. The average molecular weight is 274 g/mol. The van der Waals surface area contributed by atoms with E-state index in [0.29, 0.717) is 5.41 Å². The molecule has 1 amide bonds. The van der Waals surface area contributed by atoms with Crippen molar-refractivity contribution in [1.29, 1.82) is 0 Å². The maximum atomic E-state index is 12.3. The van der Waals surface area contributed by atoms with Crippen LogP contribution in [-0.4, -0.2) is 19.0 Å². The maximum Gasteiger partial charge on any atom is 0.251 e. The van der Waals surface area contributed by atoms with E-state index in [2.05, 4.69) is 24.5 Å². The zero-order valence-electron chi connectivity index (χ0n) is 12.9. The van der Waals surface area contributed by atoms with E-state index < -0.39 is 0 Å². The first kappa shape index (κ1) is 14.9. The van der Waals surface area contributed by atoms with Gasteiger partial charge in [-0.1, -0.05) is 13.3 Å². The molecule has 0 heterocycles. The van der Waals surface area contributed by atoms with Gasteiger partial charge in [0.2, 0.25) is 0 Å². The fraction of sp³-hybridized carbons (Fsp3) is 0.588. The number of hydrogen-bond donors (Lipinski definition) is 2. The Kier molecular flexibility index (Phi) is 4.69. The van der Waals surface area contributed by atoms with Gasteiger partial charge in [-0.2, -0.15) is 0 Å². The van der Waals surface area contributed by atoms with Crippen LogP contribution in [0.15, 0.2) is 18.2 Å². The third kappa shape index (κ3) is 3.53. The van der Waals surface area contributed by atoms with E-state index in [1.54, 1.807) is 0 Å². The Labute approximate surface area is 122 Å². The number of nitrogens with one attached hydrogen (secondary N) is 2. The number of anilines is 1. The van der Waals surface area contributed by atoms with Crippen molar-refractivity contribution >= 4 is 11.6 Å². The van der Waals surface area contributed by atoms with Crippen molar-refractivity contribution in [3.63, 3.8) is 0 Å². The first-order valence-electron chi connectivity index (χ1n) is 7.73. The monoisotopic (exact) mass is 274 g/mol. The van der Waals surface area contributed by atoms with Crippen molar-refractivity contribution in [1.82, 2.24) is 5.32 Å². The van der Waals surface area contributed by atoms with Gasteiger partial charge in [-0.05, 0) is 62.3 Å². The van der Waals surface area contributed by atoms with Crippen LogP contribution >= 0.6 is 0 Å². The second-order valence-corrected chi connectivity index (χ2v) is 5.99. The molecule has 0 spiro atoms. The molecule has 2 N–H and O–H groups in total. The van der Waals surface area contributed by atoms with E-state index in [0.717, 1.165) is 29.9 Å². The van der Waals surface area contributed by atoms with Gasteiger partial charge in [0.1, 0.15) is 0 Å². The molecule has 3 heteroatoms. The highest BCUT2D eigenvalue weighted by Crippen LogP contribution is 2.48. The second kappa shape index (κ2) is 6.29. The van der Waals surface area contributed by atoms with E-state index in [1.807, 2.05) is 25.1 Å². The van der Waals surface area contributed by atoms with Crippen molar-refractivity contribution in [3.8, 4) is 0 Å². The summed E-state index contributed by atoms with van der Waals surface area (Å²) < 4.78 is 0. The highest BCUT2D eigenvalue weighted by Gasteiger charge is 2.41. The van der Waals surface area contributed by atoms with Gasteiger partial charge in [0.15, 0.2) is 0 Å². The molecule has 1 aromatic carbocycles. The Morgan fingerprint density at radius 1 is 1.30 bits per heavy atom. The average Bonchev–Trinajstić information content (AvgIpc) is 3.17. The summed E-state index contributed by atoms with van der Waals surface area (Å²) in [6.07, 6.45) is 4.96. The van der Waals surface area contributed by atoms with Crippen molar-refractivity contribution < 1.29 is 4.79 Å². The largest absolute Gasteiger partial charge is 0.385 e. The summed E-state index contributed by atoms with van der Waals surface area (Å²) in [5.41, 5.74) is 3.30. The van der Waals surface area contributed by atoms with Gasteiger partial charge in [0.05, 0.1) is 0 Å². The molecule has 2 rings (SSSR count). The molecule has 1 fully saturated rings. The number of aryl methyl sites for hydroxylation is 1. The van der Waals surface area contributed by atoms with Crippen LogP contribution in [0, 0.1) is 12.3 Å². The van der Waals surface area contributed by atoms with E-state index in [-0.39, 0.29) is 5.91 Å². The van der Waals surface area contributed by atoms with Crippen LogP contribution in [0.5, 0.6) is 0 Å². The predicted molar refractivity (Wildman–Crippen MR) is 84.3 cm³/mol.